The lowest BCUT2D eigenvalue weighted by Gasteiger charge is -2.19. The topological polar surface area (TPSA) is 170 Å². The number of ether oxygens (including phenoxy) is 2. The molecule has 2 atom stereocenters. The van der Waals surface area contributed by atoms with E-state index in [-0.39, 0.29) is 41.7 Å². The van der Waals surface area contributed by atoms with E-state index in [1.807, 2.05) is 6.92 Å². The van der Waals surface area contributed by atoms with Gasteiger partial charge in [0.15, 0.2) is 0 Å². The van der Waals surface area contributed by atoms with Crippen molar-refractivity contribution in [2.24, 2.45) is 15.4 Å². The second-order valence-corrected chi connectivity index (χ2v) is 10.8. The summed E-state index contributed by atoms with van der Waals surface area (Å²) in [6.45, 7) is 5.14. The molecule has 6 rings (SSSR count). The van der Waals surface area contributed by atoms with Crippen LogP contribution in [0.25, 0.3) is 11.5 Å². The van der Waals surface area contributed by atoms with Gasteiger partial charge in [0, 0.05) is 66.8 Å². The Labute approximate surface area is 297 Å². The van der Waals surface area contributed by atoms with Crippen LogP contribution < -0.4 is 10.6 Å². The Morgan fingerprint density at radius 3 is 1.64 bits per heavy atom. The monoisotopic (exact) mass is 743 g/mol. The quantitative estimate of drug-likeness (QED) is 0.105. The molecule has 1 aliphatic rings. The fraction of sp³-hybridized carbons (Fsp3) is 0.303. The van der Waals surface area contributed by atoms with E-state index in [1.54, 1.807) is 19.3 Å². The Morgan fingerprint density at radius 2 is 1.23 bits per heavy atom. The van der Waals surface area contributed by atoms with E-state index in [0.717, 1.165) is 18.2 Å². The van der Waals surface area contributed by atoms with Crippen molar-refractivity contribution in [3.8, 4) is 11.5 Å². The predicted octanol–water partition coefficient (Wildman–Crippen LogP) is 7.05. The number of nitrogens with one attached hydrogen (secondary N) is 2. The smallest absolute Gasteiger partial charge is 0.314 e. The van der Waals surface area contributed by atoms with Gasteiger partial charge in [0.2, 0.25) is 11.9 Å². The number of rotatable bonds is 15. The Kier molecular flexibility index (Phi) is 13.4. The summed E-state index contributed by atoms with van der Waals surface area (Å²) in [4.78, 5) is 16.5. The van der Waals surface area contributed by atoms with E-state index in [1.165, 1.54) is 30.6 Å². The number of anilines is 2. The standard InChI is InChI=1S/C17H15F4N5O2.C16H16F2N6O/c1-2-27-8-13(11-4-3-10(18)5-12(11)19)24-17-22-6-9(7-23-17)15-25-26-16(28-15)14(20)21;1-2-25-9-15(12-4-3-11(17)5-13(12)18)22-16-19-6-10(7-20-16)14-8-21-24-23-14/h3-7,13-14H,2,8H2,1H3,(H,22,23,24);3-7,15H,2,8-9H2,1H3,(H,19,20,22). The molecule has 3 aromatic heterocycles. The number of benzene rings is 2. The maximum Gasteiger partial charge on any atom is 0.314 e. The summed E-state index contributed by atoms with van der Waals surface area (Å²) >= 11 is 0. The fourth-order valence-electron chi connectivity index (χ4n) is 4.64. The number of nitrogens with zero attached hydrogens (tertiary/aromatic N) is 9. The first kappa shape index (κ1) is 38.3. The minimum Gasteiger partial charge on any atom is -0.415 e. The zero-order valence-corrected chi connectivity index (χ0v) is 28.1. The summed E-state index contributed by atoms with van der Waals surface area (Å²) in [7, 11) is 0. The summed E-state index contributed by atoms with van der Waals surface area (Å²) in [5.41, 5.74) is 2.09. The average molecular weight is 744 g/mol. The summed E-state index contributed by atoms with van der Waals surface area (Å²) in [5, 5.41) is 23.8. The molecule has 1 aliphatic heterocycles. The Balaban J connectivity index is 0.000000206. The van der Waals surface area contributed by atoms with Crippen LogP contribution in [0.15, 0.2) is 81.0 Å². The number of halogens is 6. The van der Waals surface area contributed by atoms with Crippen molar-refractivity contribution in [3.05, 3.63) is 107 Å². The van der Waals surface area contributed by atoms with Crippen molar-refractivity contribution in [1.82, 2.24) is 30.1 Å². The van der Waals surface area contributed by atoms with Crippen molar-refractivity contribution in [2.75, 3.05) is 43.6 Å². The van der Waals surface area contributed by atoms with Crippen molar-refractivity contribution in [1.29, 1.82) is 0 Å². The van der Waals surface area contributed by atoms with Crippen LogP contribution in [0.2, 0.25) is 0 Å². The summed E-state index contributed by atoms with van der Waals surface area (Å²) in [5.74, 6) is -3.27. The average Bonchev–Trinajstić information content (AvgIpc) is 3.87. The number of hydrogen-bond acceptors (Lipinski definition) is 14. The molecule has 0 amide bonds. The highest BCUT2D eigenvalue weighted by atomic mass is 19.3. The highest BCUT2D eigenvalue weighted by Gasteiger charge is 2.21. The molecule has 53 heavy (non-hydrogen) atoms. The maximum absolute atomic E-state index is 14.1. The molecular weight excluding hydrogens is 712 g/mol. The third-order valence-corrected chi connectivity index (χ3v) is 7.22. The molecule has 4 heterocycles. The highest BCUT2D eigenvalue weighted by Crippen LogP contribution is 2.25. The van der Waals surface area contributed by atoms with Gasteiger partial charge in [-0.1, -0.05) is 12.1 Å². The fourth-order valence-corrected chi connectivity index (χ4v) is 4.64. The predicted molar refractivity (Wildman–Crippen MR) is 177 cm³/mol. The molecule has 0 bridgehead atoms. The molecule has 14 nitrogen and oxygen atoms in total. The zero-order valence-electron chi connectivity index (χ0n) is 28.1. The van der Waals surface area contributed by atoms with Gasteiger partial charge < -0.3 is 24.5 Å². The lowest BCUT2D eigenvalue weighted by molar-refractivity contribution is 0.116. The van der Waals surface area contributed by atoms with Crippen LogP contribution in [-0.2, 0) is 9.47 Å². The zero-order chi connectivity index (χ0) is 37.7. The highest BCUT2D eigenvalue weighted by molar-refractivity contribution is 6.02. The van der Waals surface area contributed by atoms with Gasteiger partial charge in [-0.3, -0.25) is 0 Å². The lowest BCUT2D eigenvalue weighted by atomic mass is 10.1. The molecule has 2 N–H and O–H groups in total. The van der Waals surface area contributed by atoms with Gasteiger partial charge >= 0.3 is 6.43 Å². The van der Waals surface area contributed by atoms with Gasteiger partial charge in [0.05, 0.1) is 36.6 Å². The van der Waals surface area contributed by atoms with E-state index in [9.17, 15) is 26.3 Å². The van der Waals surface area contributed by atoms with Crippen molar-refractivity contribution < 1.29 is 40.2 Å². The molecule has 20 heteroatoms. The molecule has 2 unspecified atom stereocenters. The van der Waals surface area contributed by atoms with Crippen LogP contribution in [0, 0.1) is 23.3 Å². The normalized spacial score (nSPS) is 13.3. The Bertz CT molecular complexity index is 2000. The number of hydrogen-bond donors (Lipinski definition) is 2. The van der Waals surface area contributed by atoms with Gasteiger partial charge in [0.25, 0.3) is 11.8 Å². The molecule has 0 saturated carbocycles. The molecule has 0 fully saturated rings. The van der Waals surface area contributed by atoms with Gasteiger partial charge in [-0.25, -0.2) is 37.5 Å². The first-order valence-electron chi connectivity index (χ1n) is 15.9. The molecular formula is C33H31F6N11O3. The molecule has 0 spiro atoms. The summed E-state index contributed by atoms with van der Waals surface area (Å²) in [6, 6.07) is 5.40. The third kappa shape index (κ3) is 10.6. The molecule has 5 aromatic rings. The molecule has 0 saturated heterocycles. The van der Waals surface area contributed by atoms with Crippen molar-refractivity contribution in [2.45, 2.75) is 32.4 Å². The number of alkyl halides is 2. The first-order valence-corrected chi connectivity index (χ1v) is 15.9. The third-order valence-electron chi connectivity index (χ3n) is 7.22. The Hall–Kier alpha value is -5.89. The SMILES string of the molecule is CCOCC(Nc1ncc(-c2nnc(C(F)F)o2)cn1)c1ccc(F)cc1F.CCOCC(Nc1ncc(C2=NN=NC2)cn1)c1ccc(F)cc1F. The van der Waals surface area contributed by atoms with Crippen molar-refractivity contribution in [3.63, 3.8) is 0 Å². The van der Waals surface area contributed by atoms with E-state index < -0.39 is 47.7 Å². The van der Waals surface area contributed by atoms with Gasteiger partial charge in [-0.15, -0.1) is 15.3 Å². The van der Waals surface area contributed by atoms with Crippen LogP contribution >= 0.6 is 0 Å². The van der Waals surface area contributed by atoms with E-state index in [2.05, 4.69) is 56.2 Å². The van der Waals surface area contributed by atoms with E-state index >= 15 is 0 Å². The van der Waals surface area contributed by atoms with E-state index in [0.29, 0.717) is 37.0 Å². The first-order chi connectivity index (χ1) is 25.6. The Morgan fingerprint density at radius 1 is 0.717 bits per heavy atom. The van der Waals surface area contributed by atoms with Gasteiger partial charge in [-0.2, -0.15) is 13.9 Å². The summed E-state index contributed by atoms with van der Waals surface area (Å²) in [6.07, 6.45) is 2.87. The number of aromatic nitrogens is 6. The lowest BCUT2D eigenvalue weighted by Crippen LogP contribution is -2.20. The molecule has 278 valence electrons. The minimum atomic E-state index is -2.88. The summed E-state index contributed by atoms with van der Waals surface area (Å²) < 4.78 is 95.1. The molecule has 0 aliphatic carbocycles. The van der Waals surface area contributed by atoms with Crippen LogP contribution in [0.3, 0.4) is 0 Å². The van der Waals surface area contributed by atoms with E-state index in [4.69, 9.17) is 13.9 Å². The molecule has 0 radical (unpaired) electrons. The second kappa shape index (κ2) is 18.6. The van der Waals surface area contributed by atoms with Crippen LogP contribution in [0.5, 0.6) is 0 Å². The van der Waals surface area contributed by atoms with Crippen LogP contribution in [-0.4, -0.2) is 68.8 Å². The molecule has 2 aromatic carbocycles. The second-order valence-electron chi connectivity index (χ2n) is 10.8. The van der Waals surface area contributed by atoms with Crippen LogP contribution in [0.4, 0.5) is 38.2 Å². The maximum atomic E-state index is 14.1. The van der Waals surface area contributed by atoms with Crippen molar-refractivity contribution >= 4 is 17.6 Å². The van der Waals surface area contributed by atoms with Gasteiger partial charge in [-0.05, 0) is 31.2 Å². The largest absolute Gasteiger partial charge is 0.415 e. The minimum absolute atomic E-state index is 0.0889. The van der Waals surface area contributed by atoms with Gasteiger partial charge in [0.1, 0.15) is 29.8 Å². The van der Waals surface area contributed by atoms with Crippen LogP contribution in [0.1, 0.15) is 54.9 Å².